The SMILES string of the molecule is C=CCc1cc2c(cc1O)C(=O)N(C)/C2=C/Cc1ccccc1. The highest BCUT2D eigenvalue weighted by atomic mass is 16.3. The van der Waals surface area contributed by atoms with Crippen molar-refractivity contribution in [3.05, 3.63) is 83.4 Å². The van der Waals surface area contributed by atoms with Crippen LogP contribution in [0.5, 0.6) is 5.75 Å². The van der Waals surface area contributed by atoms with Crippen LogP contribution in [0.2, 0.25) is 0 Å². The van der Waals surface area contributed by atoms with E-state index in [1.165, 1.54) is 5.56 Å². The summed E-state index contributed by atoms with van der Waals surface area (Å²) in [6.45, 7) is 3.71. The predicted molar refractivity (Wildman–Crippen MR) is 92.2 cm³/mol. The summed E-state index contributed by atoms with van der Waals surface area (Å²) in [5.74, 6) is 0.0643. The molecule has 1 aliphatic rings. The molecule has 0 radical (unpaired) electrons. The summed E-state index contributed by atoms with van der Waals surface area (Å²) in [6.07, 6.45) is 5.14. The Morgan fingerprint density at radius 3 is 2.57 bits per heavy atom. The quantitative estimate of drug-likeness (QED) is 0.873. The number of rotatable bonds is 4. The summed E-state index contributed by atoms with van der Waals surface area (Å²) in [6, 6.07) is 13.6. The van der Waals surface area contributed by atoms with E-state index in [0.29, 0.717) is 12.0 Å². The van der Waals surface area contributed by atoms with E-state index in [1.54, 1.807) is 24.1 Å². The molecule has 0 atom stereocenters. The molecule has 1 amide bonds. The second-order valence-electron chi connectivity index (χ2n) is 5.66. The van der Waals surface area contributed by atoms with Crippen molar-refractivity contribution in [2.45, 2.75) is 12.8 Å². The van der Waals surface area contributed by atoms with Crippen molar-refractivity contribution in [1.29, 1.82) is 0 Å². The van der Waals surface area contributed by atoms with Gasteiger partial charge < -0.3 is 10.0 Å². The molecule has 0 aromatic heterocycles. The first kappa shape index (κ1) is 15.1. The molecule has 3 rings (SSSR count). The summed E-state index contributed by atoms with van der Waals surface area (Å²) in [5.41, 5.74) is 4.30. The predicted octanol–water partition coefficient (Wildman–Crippen LogP) is 3.79. The fraction of sp³-hybridized carbons (Fsp3) is 0.150. The van der Waals surface area contributed by atoms with Gasteiger partial charge >= 0.3 is 0 Å². The minimum atomic E-state index is -0.0836. The average molecular weight is 305 g/mol. The molecule has 0 aliphatic carbocycles. The summed E-state index contributed by atoms with van der Waals surface area (Å²) in [4.78, 5) is 14.0. The Balaban J connectivity index is 2.01. The zero-order valence-electron chi connectivity index (χ0n) is 13.1. The first-order valence-corrected chi connectivity index (χ1v) is 7.61. The zero-order chi connectivity index (χ0) is 16.4. The minimum absolute atomic E-state index is 0.0836. The van der Waals surface area contributed by atoms with Gasteiger partial charge in [0.1, 0.15) is 5.75 Å². The standard InChI is InChI=1S/C20H19NO2/c1-3-7-15-12-16-17(13-19(15)22)20(23)21(2)18(16)11-10-14-8-5-4-6-9-14/h3-6,8-9,11-13,22H,1,7,10H2,2H3/b18-11+. The molecular weight excluding hydrogens is 286 g/mol. The van der Waals surface area contributed by atoms with Gasteiger partial charge in [0.05, 0.1) is 5.56 Å². The van der Waals surface area contributed by atoms with Crippen LogP contribution >= 0.6 is 0 Å². The number of aromatic hydroxyl groups is 1. The molecule has 2 aromatic carbocycles. The molecule has 2 aromatic rings. The fourth-order valence-corrected chi connectivity index (χ4v) is 2.89. The van der Waals surface area contributed by atoms with E-state index in [9.17, 15) is 9.90 Å². The molecule has 0 spiro atoms. The Bertz CT molecular complexity index is 791. The number of carbonyl (C=O) groups is 1. The maximum atomic E-state index is 12.4. The number of nitrogens with zero attached hydrogens (tertiary/aromatic N) is 1. The van der Waals surface area contributed by atoms with E-state index in [0.717, 1.165) is 23.2 Å². The summed E-state index contributed by atoms with van der Waals surface area (Å²) in [7, 11) is 1.77. The van der Waals surface area contributed by atoms with Gasteiger partial charge in [-0.2, -0.15) is 0 Å². The molecule has 23 heavy (non-hydrogen) atoms. The van der Waals surface area contributed by atoms with Gasteiger partial charge in [-0.1, -0.05) is 42.5 Å². The number of phenolic OH excluding ortho intramolecular Hbond substituents is 1. The summed E-state index contributed by atoms with van der Waals surface area (Å²) < 4.78 is 0. The van der Waals surface area contributed by atoms with Crippen molar-refractivity contribution in [2.24, 2.45) is 0 Å². The third-order valence-electron chi connectivity index (χ3n) is 4.13. The molecule has 0 saturated carbocycles. The largest absolute Gasteiger partial charge is 0.508 e. The van der Waals surface area contributed by atoms with Gasteiger partial charge in [-0.05, 0) is 36.1 Å². The Morgan fingerprint density at radius 1 is 1.13 bits per heavy atom. The van der Waals surface area contributed by atoms with E-state index in [1.807, 2.05) is 24.3 Å². The Kier molecular flexibility index (Phi) is 4.02. The topological polar surface area (TPSA) is 40.5 Å². The van der Waals surface area contributed by atoms with Crippen LogP contribution in [0.4, 0.5) is 0 Å². The number of amides is 1. The van der Waals surface area contributed by atoms with Gasteiger partial charge in [-0.15, -0.1) is 6.58 Å². The van der Waals surface area contributed by atoms with Crippen molar-refractivity contribution >= 4 is 11.6 Å². The van der Waals surface area contributed by atoms with Crippen LogP contribution in [0.15, 0.2) is 61.2 Å². The maximum Gasteiger partial charge on any atom is 0.258 e. The molecular formula is C20H19NO2. The molecule has 1 aliphatic heterocycles. The van der Waals surface area contributed by atoms with Crippen LogP contribution in [0.1, 0.15) is 27.0 Å². The molecule has 0 bridgehead atoms. The van der Waals surface area contributed by atoms with E-state index in [-0.39, 0.29) is 11.7 Å². The van der Waals surface area contributed by atoms with E-state index < -0.39 is 0 Å². The normalized spacial score (nSPS) is 15.1. The monoisotopic (exact) mass is 305 g/mol. The first-order chi connectivity index (χ1) is 11.1. The number of phenols is 1. The second-order valence-corrected chi connectivity index (χ2v) is 5.66. The van der Waals surface area contributed by atoms with Gasteiger partial charge in [0.2, 0.25) is 0 Å². The van der Waals surface area contributed by atoms with E-state index >= 15 is 0 Å². The van der Waals surface area contributed by atoms with Crippen molar-refractivity contribution in [1.82, 2.24) is 4.90 Å². The van der Waals surface area contributed by atoms with Crippen molar-refractivity contribution in [2.75, 3.05) is 7.05 Å². The second kappa shape index (κ2) is 6.13. The number of hydrogen-bond acceptors (Lipinski definition) is 2. The number of fused-ring (bicyclic) bond motifs is 1. The fourth-order valence-electron chi connectivity index (χ4n) is 2.89. The van der Waals surface area contributed by atoms with Crippen LogP contribution in [-0.2, 0) is 12.8 Å². The van der Waals surface area contributed by atoms with Gasteiger partial charge in [0.15, 0.2) is 0 Å². The molecule has 116 valence electrons. The number of allylic oxidation sites excluding steroid dienone is 2. The van der Waals surface area contributed by atoms with Crippen molar-refractivity contribution < 1.29 is 9.90 Å². The molecule has 0 unspecified atom stereocenters. The van der Waals surface area contributed by atoms with Gasteiger partial charge in [-0.25, -0.2) is 0 Å². The van der Waals surface area contributed by atoms with Gasteiger partial charge in [-0.3, -0.25) is 4.79 Å². The van der Waals surface area contributed by atoms with E-state index in [4.69, 9.17) is 0 Å². The molecule has 1 N–H and O–H groups in total. The lowest BCUT2D eigenvalue weighted by Gasteiger charge is -2.11. The Morgan fingerprint density at radius 2 is 1.87 bits per heavy atom. The van der Waals surface area contributed by atoms with Crippen LogP contribution in [0.3, 0.4) is 0 Å². The zero-order valence-corrected chi connectivity index (χ0v) is 13.1. The molecule has 0 fully saturated rings. The lowest BCUT2D eigenvalue weighted by molar-refractivity contribution is 0.0874. The maximum absolute atomic E-state index is 12.4. The van der Waals surface area contributed by atoms with Crippen molar-refractivity contribution in [3.63, 3.8) is 0 Å². The number of carbonyl (C=O) groups excluding carboxylic acids is 1. The van der Waals surface area contributed by atoms with Crippen LogP contribution in [0.25, 0.3) is 5.70 Å². The third-order valence-corrected chi connectivity index (χ3v) is 4.13. The Labute approximate surface area is 136 Å². The molecule has 1 heterocycles. The number of benzene rings is 2. The van der Waals surface area contributed by atoms with Crippen LogP contribution < -0.4 is 0 Å². The van der Waals surface area contributed by atoms with E-state index in [2.05, 4.69) is 24.8 Å². The van der Waals surface area contributed by atoms with Gasteiger partial charge in [0.25, 0.3) is 5.91 Å². The molecule has 0 saturated heterocycles. The lowest BCUT2D eigenvalue weighted by atomic mass is 10.0. The third kappa shape index (κ3) is 2.78. The van der Waals surface area contributed by atoms with Crippen LogP contribution in [-0.4, -0.2) is 23.0 Å². The highest BCUT2D eigenvalue weighted by molar-refractivity contribution is 6.09. The number of hydrogen-bond donors (Lipinski definition) is 1. The van der Waals surface area contributed by atoms with Crippen LogP contribution in [0, 0.1) is 0 Å². The smallest absolute Gasteiger partial charge is 0.258 e. The summed E-state index contributed by atoms with van der Waals surface area (Å²) in [5, 5.41) is 10.1. The van der Waals surface area contributed by atoms with Gasteiger partial charge in [0, 0.05) is 18.3 Å². The van der Waals surface area contributed by atoms with Crippen molar-refractivity contribution in [3.8, 4) is 5.75 Å². The average Bonchev–Trinajstić information content (AvgIpc) is 2.78. The Hall–Kier alpha value is -2.81. The lowest BCUT2D eigenvalue weighted by Crippen LogP contribution is -2.17. The molecule has 3 nitrogen and oxygen atoms in total. The highest BCUT2D eigenvalue weighted by Crippen LogP contribution is 2.36. The minimum Gasteiger partial charge on any atom is -0.508 e. The first-order valence-electron chi connectivity index (χ1n) is 7.61. The summed E-state index contributed by atoms with van der Waals surface area (Å²) >= 11 is 0. The molecule has 3 heteroatoms. The highest BCUT2D eigenvalue weighted by Gasteiger charge is 2.30.